The minimum Gasteiger partial charge on any atom is -0.340 e. The van der Waals surface area contributed by atoms with Gasteiger partial charge in [-0.1, -0.05) is 5.16 Å². The van der Waals surface area contributed by atoms with Crippen LogP contribution in [-0.4, -0.2) is 21.0 Å². The molecule has 8 heteroatoms. The van der Waals surface area contributed by atoms with E-state index in [1.807, 2.05) is 25.1 Å². The summed E-state index contributed by atoms with van der Waals surface area (Å²) in [5.74, 6) is 1.29. The van der Waals surface area contributed by atoms with Gasteiger partial charge < -0.3 is 9.84 Å². The Balaban J connectivity index is 1.48. The van der Waals surface area contributed by atoms with E-state index in [4.69, 9.17) is 4.52 Å². The van der Waals surface area contributed by atoms with Gasteiger partial charge in [0.15, 0.2) is 0 Å². The third-order valence-corrected chi connectivity index (χ3v) is 5.61. The van der Waals surface area contributed by atoms with Gasteiger partial charge in [-0.15, -0.1) is 11.3 Å². The molecule has 6 nitrogen and oxygen atoms in total. The van der Waals surface area contributed by atoms with Crippen molar-refractivity contribution in [1.82, 2.24) is 20.4 Å². The molecule has 0 unspecified atom stereocenters. The number of amides is 1. The van der Waals surface area contributed by atoms with Gasteiger partial charge in [0.25, 0.3) is 5.91 Å². The number of carbonyl (C=O) groups excluding carboxylic acids is 1. The zero-order valence-electron chi connectivity index (χ0n) is 13.4. The summed E-state index contributed by atoms with van der Waals surface area (Å²) in [7, 11) is 0. The minimum absolute atomic E-state index is 0.164. The number of aromatic nitrogens is 3. The van der Waals surface area contributed by atoms with E-state index in [9.17, 15) is 4.79 Å². The molecule has 0 bridgehead atoms. The summed E-state index contributed by atoms with van der Waals surface area (Å²) in [6, 6.07) is 7.12. The van der Waals surface area contributed by atoms with Crippen molar-refractivity contribution in [2.75, 3.05) is 0 Å². The fourth-order valence-corrected chi connectivity index (χ4v) is 3.77. The normalized spacial score (nSPS) is 15.1. The highest BCUT2D eigenvalue weighted by Crippen LogP contribution is 2.39. The van der Waals surface area contributed by atoms with Crippen molar-refractivity contribution in [1.29, 1.82) is 0 Å². The summed E-state index contributed by atoms with van der Waals surface area (Å²) in [5, 5.41) is 6.91. The molecule has 3 aromatic heterocycles. The maximum atomic E-state index is 12.2. The number of rotatable bonds is 5. The molecule has 1 saturated carbocycles. The molecule has 0 radical (unpaired) electrons. The van der Waals surface area contributed by atoms with Crippen molar-refractivity contribution in [3.8, 4) is 11.4 Å². The first-order valence-corrected chi connectivity index (χ1v) is 9.57. The summed E-state index contributed by atoms with van der Waals surface area (Å²) in [5.41, 5.74) is 1.96. The molecule has 1 N–H and O–H groups in total. The number of hydrogen-bond acceptors (Lipinski definition) is 6. The molecule has 1 atom stereocenters. The molecule has 1 aliphatic rings. The van der Waals surface area contributed by atoms with E-state index < -0.39 is 0 Å². The van der Waals surface area contributed by atoms with E-state index in [1.54, 1.807) is 12.3 Å². The molecular formula is C17H15BrN4O2S. The van der Waals surface area contributed by atoms with Crippen molar-refractivity contribution >= 4 is 33.2 Å². The van der Waals surface area contributed by atoms with Crippen LogP contribution in [0.1, 0.15) is 53.0 Å². The minimum atomic E-state index is -0.376. The lowest BCUT2D eigenvalue weighted by molar-refractivity contribution is 0.0936. The molecular weight excluding hydrogens is 404 g/mol. The number of hydrogen-bond donors (Lipinski definition) is 1. The second-order valence-corrected chi connectivity index (χ2v) is 8.46. The third kappa shape index (κ3) is 3.64. The van der Waals surface area contributed by atoms with E-state index >= 15 is 0 Å². The molecule has 1 fully saturated rings. The summed E-state index contributed by atoms with van der Waals surface area (Å²) >= 11 is 4.73. The smallest absolute Gasteiger partial charge is 0.262 e. The van der Waals surface area contributed by atoms with Crippen molar-refractivity contribution in [2.45, 2.75) is 31.7 Å². The number of halogens is 1. The molecule has 0 aromatic carbocycles. The lowest BCUT2D eigenvalue weighted by atomic mass is 10.2. The topological polar surface area (TPSA) is 80.9 Å². The zero-order valence-corrected chi connectivity index (χ0v) is 15.8. The number of nitrogens with zero attached hydrogens (tertiary/aromatic N) is 3. The van der Waals surface area contributed by atoms with Gasteiger partial charge in [0, 0.05) is 23.4 Å². The first-order chi connectivity index (χ1) is 12.1. The fraction of sp³-hybridized carbons (Fsp3) is 0.294. The van der Waals surface area contributed by atoms with Crippen LogP contribution >= 0.6 is 27.3 Å². The van der Waals surface area contributed by atoms with Crippen molar-refractivity contribution < 1.29 is 9.32 Å². The maximum absolute atomic E-state index is 12.2. The van der Waals surface area contributed by atoms with Crippen LogP contribution in [0.5, 0.6) is 0 Å². The Morgan fingerprint density at radius 1 is 1.40 bits per heavy atom. The van der Waals surface area contributed by atoms with Crippen LogP contribution in [-0.2, 0) is 0 Å². The van der Waals surface area contributed by atoms with Gasteiger partial charge in [-0.3, -0.25) is 9.78 Å². The molecule has 0 aliphatic heterocycles. The average molecular weight is 419 g/mol. The van der Waals surface area contributed by atoms with Crippen LogP contribution in [0.4, 0.5) is 0 Å². The second-order valence-electron chi connectivity index (χ2n) is 6.00. The monoisotopic (exact) mass is 418 g/mol. The zero-order chi connectivity index (χ0) is 17.4. The molecule has 0 saturated heterocycles. The third-order valence-electron chi connectivity index (χ3n) is 3.99. The van der Waals surface area contributed by atoms with Gasteiger partial charge in [-0.25, -0.2) is 0 Å². The first kappa shape index (κ1) is 16.4. The molecule has 3 aromatic rings. The Kier molecular flexibility index (Phi) is 4.39. The van der Waals surface area contributed by atoms with Gasteiger partial charge in [-0.05, 0) is 60.0 Å². The second kappa shape index (κ2) is 6.68. The van der Waals surface area contributed by atoms with E-state index in [0.717, 1.165) is 15.0 Å². The Morgan fingerprint density at radius 3 is 2.96 bits per heavy atom. The molecule has 128 valence electrons. The number of pyridine rings is 1. The Morgan fingerprint density at radius 2 is 2.24 bits per heavy atom. The van der Waals surface area contributed by atoms with Gasteiger partial charge in [-0.2, -0.15) is 4.98 Å². The largest absolute Gasteiger partial charge is 0.340 e. The number of thiophene rings is 1. The van der Waals surface area contributed by atoms with Gasteiger partial charge >= 0.3 is 0 Å². The Labute approximate surface area is 156 Å². The van der Waals surface area contributed by atoms with Gasteiger partial charge in [0.2, 0.25) is 11.7 Å². The first-order valence-electron chi connectivity index (χ1n) is 7.96. The summed E-state index contributed by atoms with van der Waals surface area (Å²) in [4.78, 5) is 21.7. The van der Waals surface area contributed by atoms with Crippen molar-refractivity contribution in [3.05, 3.63) is 50.7 Å². The quantitative estimate of drug-likeness (QED) is 0.666. The summed E-state index contributed by atoms with van der Waals surface area (Å²) < 4.78 is 6.25. The van der Waals surface area contributed by atoms with Crippen LogP contribution in [0.15, 0.2) is 38.8 Å². The Bertz CT molecular complexity index is 919. The van der Waals surface area contributed by atoms with Gasteiger partial charge in [0.1, 0.15) is 6.04 Å². The van der Waals surface area contributed by atoms with E-state index in [-0.39, 0.29) is 11.9 Å². The van der Waals surface area contributed by atoms with Crippen LogP contribution in [0.25, 0.3) is 11.4 Å². The Hall–Kier alpha value is -2.06. The molecule has 25 heavy (non-hydrogen) atoms. The van der Waals surface area contributed by atoms with E-state index in [0.29, 0.717) is 22.5 Å². The number of nitrogens with one attached hydrogen (secondary N) is 1. The standard InChI is InChI=1S/C17H15BrN4O2S/c1-9(20-16(23)13-4-5-14(18)25-13)17-21-15(22-24-17)11-6-7-19-12(8-11)10-2-3-10/h4-10H,2-3H2,1H3,(H,20,23)/t9-/m0/s1. The highest BCUT2D eigenvalue weighted by molar-refractivity contribution is 9.11. The van der Waals surface area contributed by atoms with Crippen LogP contribution in [0, 0.1) is 0 Å². The lowest BCUT2D eigenvalue weighted by Crippen LogP contribution is -2.26. The molecule has 0 spiro atoms. The van der Waals surface area contributed by atoms with Crippen LogP contribution in [0.3, 0.4) is 0 Å². The lowest BCUT2D eigenvalue weighted by Gasteiger charge is -2.08. The molecule has 4 rings (SSSR count). The van der Waals surface area contributed by atoms with Crippen molar-refractivity contribution in [2.24, 2.45) is 0 Å². The SMILES string of the molecule is C[C@H](NC(=O)c1ccc(Br)s1)c1nc(-c2ccnc(C3CC3)c2)no1. The van der Waals surface area contributed by atoms with Crippen LogP contribution in [0.2, 0.25) is 0 Å². The predicted octanol–water partition coefficient (Wildman–Crippen LogP) is 4.32. The van der Waals surface area contributed by atoms with Gasteiger partial charge in [0.05, 0.1) is 8.66 Å². The van der Waals surface area contributed by atoms with Crippen molar-refractivity contribution in [3.63, 3.8) is 0 Å². The maximum Gasteiger partial charge on any atom is 0.262 e. The predicted molar refractivity (Wildman–Crippen MR) is 97.4 cm³/mol. The summed E-state index contributed by atoms with van der Waals surface area (Å²) in [6.07, 6.45) is 4.16. The molecule has 1 aliphatic carbocycles. The van der Waals surface area contributed by atoms with E-state index in [2.05, 4.69) is 36.4 Å². The number of carbonyl (C=O) groups is 1. The average Bonchev–Trinajstić information content (AvgIpc) is 3.17. The van der Waals surface area contributed by atoms with E-state index in [1.165, 1.54) is 24.2 Å². The highest BCUT2D eigenvalue weighted by atomic mass is 79.9. The molecule has 3 heterocycles. The highest BCUT2D eigenvalue weighted by Gasteiger charge is 2.26. The fourth-order valence-electron chi connectivity index (χ4n) is 2.48. The molecule has 1 amide bonds. The summed E-state index contributed by atoms with van der Waals surface area (Å²) in [6.45, 7) is 1.82. The van der Waals surface area contributed by atoms with Crippen LogP contribution < -0.4 is 5.32 Å².